The first kappa shape index (κ1) is 56.0. The second-order valence-corrected chi connectivity index (χ2v) is 25.9. The minimum absolute atomic E-state index is 0.477. The van der Waals surface area contributed by atoms with Gasteiger partial charge < -0.3 is 26.5 Å². The first-order valence-corrected chi connectivity index (χ1v) is 33.8. The van der Waals surface area contributed by atoms with E-state index in [1.807, 2.05) is 152 Å². The highest BCUT2D eigenvalue weighted by molar-refractivity contribution is 6.19. The number of rotatable bonds is 9. The summed E-state index contributed by atoms with van der Waals surface area (Å²) in [5.41, 5.74) is 19.7. The molecule has 0 bridgehead atoms. The van der Waals surface area contributed by atoms with Gasteiger partial charge in [0.15, 0.2) is 34.9 Å². The smallest absolute Gasteiger partial charge is 0.167 e. The summed E-state index contributed by atoms with van der Waals surface area (Å²) in [6, 6.07) is 98.8. The lowest BCUT2D eigenvalue weighted by Crippen LogP contribution is -2.00. The van der Waals surface area contributed by atoms with E-state index in [-0.39, 0.29) is 0 Å². The molecule has 12 heteroatoms. The number of furan rings is 6. The van der Waals surface area contributed by atoms with E-state index in [2.05, 4.69) is 140 Å². The molecule has 0 saturated carbocycles. The van der Waals surface area contributed by atoms with Crippen LogP contribution < -0.4 is 0 Å². The minimum Gasteiger partial charge on any atom is -0.456 e. The summed E-state index contributed by atoms with van der Waals surface area (Å²) in [4.78, 5) is 31.1. The van der Waals surface area contributed by atoms with Gasteiger partial charge in [-0.1, -0.05) is 194 Å². The summed E-state index contributed by atoms with van der Waals surface area (Å²) in [6.07, 6.45) is 0. The van der Waals surface area contributed by atoms with Gasteiger partial charge in [0.25, 0.3) is 0 Å². The average Bonchev–Trinajstić information content (AvgIpc) is 1.57. The first-order chi connectivity index (χ1) is 50.5. The standard InChI is InChI=1S/C90H48N6O6/c1-3-17-49(18-4-1)85-91-87(94-89(92-85)54-35-39-59-56-21-7-10-32-73(56)97-79(59)48-54)52-37-41-78-70(44-52)64-28-15-30-66(82(64)101-78)72-47-55(46-71-58-23-9-12-34-75(58)99-84(71)72)51-36-40-76-68(43-51)65-29-16-31-67(83(65)102-76)90-95-86(50-19-5-2-6-20-50)93-88(96-90)53-38-42-77-69(45-53)63-27-14-26-62(81(63)100-77)61-25-13-24-60-57-22-8-11-33-74(57)98-80(60)61/h1-48H. The van der Waals surface area contributed by atoms with Gasteiger partial charge in [0, 0.05) is 115 Å². The number of hydrogen-bond acceptors (Lipinski definition) is 12. The maximum Gasteiger partial charge on any atom is 0.167 e. The molecule has 0 atom stereocenters. The van der Waals surface area contributed by atoms with Crippen molar-refractivity contribution < 1.29 is 26.5 Å². The van der Waals surface area contributed by atoms with Crippen LogP contribution in [0.4, 0.5) is 0 Å². The molecule has 0 fully saturated rings. The Labute approximate surface area is 577 Å². The van der Waals surface area contributed by atoms with Crippen molar-refractivity contribution in [2.75, 3.05) is 0 Å². The predicted octanol–water partition coefficient (Wildman–Crippen LogP) is 24.5. The van der Waals surface area contributed by atoms with Crippen molar-refractivity contribution in [1.29, 1.82) is 0 Å². The van der Waals surface area contributed by atoms with Crippen molar-refractivity contribution in [3.05, 3.63) is 291 Å². The molecule has 14 aromatic carbocycles. The maximum atomic E-state index is 6.98. The lowest BCUT2D eigenvalue weighted by molar-refractivity contribution is 0.665. The third-order valence-corrected chi connectivity index (χ3v) is 20.0. The molecule has 12 nitrogen and oxygen atoms in total. The largest absolute Gasteiger partial charge is 0.456 e. The first-order valence-electron chi connectivity index (χ1n) is 33.8. The van der Waals surface area contributed by atoms with Gasteiger partial charge in [-0.15, -0.1) is 0 Å². The average molecular weight is 1310 g/mol. The van der Waals surface area contributed by atoms with Crippen LogP contribution in [0.3, 0.4) is 0 Å². The number of nitrogens with zero attached hydrogens (tertiary/aromatic N) is 6. The fourth-order valence-corrected chi connectivity index (χ4v) is 15.2. The van der Waals surface area contributed by atoms with Gasteiger partial charge in [-0.3, -0.25) is 0 Å². The van der Waals surface area contributed by atoms with Gasteiger partial charge in [0.1, 0.15) is 67.0 Å². The Bertz CT molecular complexity index is 7280. The van der Waals surface area contributed by atoms with E-state index in [9.17, 15) is 0 Å². The van der Waals surface area contributed by atoms with Crippen molar-refractivity contribution in [3.63, 3.8) is 0 Å². The Balaban J connectivity index is 0.649. The van der Waals surface area contributed by atoms with E-state index < -0.39 is 0 Å². The summed E-state index contributed by atoms with van der Waals surface area (Å²) in [6.45, 7) is 0. The molecular formula is C90H48N6O6. The molecule has 8 heterocycles. The van der Waals surface area contributed by atoms with Crippen LogP contribution in [0.2, 0.25) is 0 Å². The molecule has 474 valence electrons. The lowest BCUT2D eigenvalue weighted by Gasteiger charge is -2.09. The molecule has 0 aliphatic heterocycles. The van der Waals surface area contributed by atoms with Crippen molar-refractivity contribution in [1.82, 2.24) is 29.9 Å². The second kappa shape index (κ2) is 21.7. The van der Waals surface area contributed by atoms with Gasteiger partial charge in [-0.25, -0.2) is 29.9 Å². The predicted molar refractivity (Wildman–Crippen MR) is 406 cm³/mol. The van der Waals surface area contributed by atoms with Crippen LogP contribution in [0.15, 0.2) is 318 Å². The van der Waals surface area contributed by atoms with Crippen LogP contribution in [0.1, 0.15) is 0 Å². The number of benzene rings is 14. The van der Waals surface area contributed by atoms with Gasteiger partial charge in [-0.05, 0) is 108 Å². The fourth-order valence-electron chi connectivity index (χ4n) is 15.2. The molecule has 0 N–H and O–H groups in total. The molecule has 0 saturated heterocycles. The Morgan fingerprint density at radius 2 is 0.461 bits per heavy atom. The number of para-hydroxylation sites is 7. The summed E-state index contributed by atoms with van der Waals surface area (Å²) in [5.74, 6) is 3.15. The fraction of sp³-hybridized carbons (Fsp3) is 0. The number of hydrogen-bond donors (Lipinski definition) is 0. The Morgan fingerprint density at radius 3 is 0.971 bits per heavy atom. The second-order valence-electron chi connectivity index (χ2n) is 25.9. The van der Waals surface area contributed by atoms with Crippen LogP contribution in [0, 0.1) is 0 Å². The molecule has 0 radical (unpaired) electrons. The molecule has 22 aromatic rings. The summed E-state index contributed by atoms with van der Waals surface area (Å²) in [5, 5.41) is 11.8. The molecule has 8 aromatic heterocycles. The highest BCUT2D eigenvalue weighted by atomic mass is 16.4. The summed E-state index contributed by atoms with van der Waals surface area (Å²) in [7, 11) is 0. The molecule has 0 amide bonds. The van der Waals surface area contributed by atoms with E-state index in [1.54, 1.807) is 0 Å². The van der Waals surface area contributed by atoms with E-state index in [0.29, 0.717) is 40.5 Å². The highest BCUT2D eigenvalue weighted by Gasteiger charge is 2.25. The molecule has 0 spiro atoms. The van der Waals surface area contributed by atoms with Crippen molar-refractivity contribution in [2.24, 2.45) is 0 Å². The van der Waals surface area contributed by atoms with Gasteiger partial charge in [0.05, 0.1) is 5.56 Å². The lowest BCUT2D eigenvalue weighted by atomic mass is 9.94. The maximum absolute atomic E-state index is 6.98. The highest BCUT2D eigenvalue weighted by Crippen LogP contribution is 2.47. The van der Waals surface area contributed by atoms with Crippen LogP contribution in [-0.2, 0) is 0 Å². The Hall–Kier alpha value is -14.1. The van der Waals surface area contributed by atoms with E-state index in [0.717, 1.165) is 193 Å². The van der Waals surface area contributed by atoms with Gasteiger partial charge in [-0.2, -0.15) is 0 Å². The zero-order chi connectivity index (χ0) is 66.7. The monoisotopic (exact) mass is 1310 g/mol. The SMILES string of the molecule is c1ccc(-c2nc(-c3ccc4c(c3)oc3ccccc34)nc(-c3ccc4oc5c(-c6cc(-c7ccc8oc9c(-c%10nc(-c%11ccccc%11)nc(-c%11ccc%12oc%13c(-c%14cccc%15c%14oc%14ccccc%14%15)cccc%13c%12c%11)n%10)cccc9c8c7)cc7c6oc6ccccc67)cccc5c4c3)n2)cc1. The Morgan fingerprint density at radius 1 is 0.147 bits per heavy atom. The van der Waals surface area contributed by atoms with Crippen LogP contribution >= 0.6 is 0 Å². The molecule has 0 unspecified atom stereocenters. The van der Waals surface area contributed by atoms with Crippen LogP contribution in [0.25, 0.3) is 233 Å². The molecule has 22 rings (SSSR count). The van der Waals surface area contributed by atoms with Crippen molar-refractivity contribution in [3.8, 4) is 102 Å². The molecule has 102 heavy (non-hydrogen) atoms. The van der Waals surface area contributed by atoms with Crippen LogP contribution in [0.5, 0.6) is 0 Å². The third-order valence-electron chi connectivity index (χ3n) is 20.0. The Kier molecular flexibility index (Phi) is 11.9. The minimum atomic E-state index is 0.477. The molecule has 0 aliphatic carbocycles. The quantitative estimate of drug-likeness (QED) is 0.135. The van der Waals surface area contributed by atoms with Crippen molar-refractivity contribution >= 4 is 132 Å². The third kappa shape index (κ3) is 8.69. The van der Waals surface area contributed by atoms with Crippen molar-refractivity contribution in [2.45, 2.75) is 0 Å². The summed E-state index contributed by atoms with van der Waals surface area (Å²) < 4.78 is 40.4. The normalized spacial score (nSPS) is 12.1. The van der Waals surface area contributed by atoms with E-state index in [4.69, 9.17) is 56.4 Å². The zero-order valence-corrected chi connectivity index (χ0v) is 53.8. The topological polar surface area (TPSA) is 156 Å². The van der Waals surface area contributed by atoms with E-state index in [1.165, 1.54) is 0 Å². The van der Waals surface area contributed by atoms with E-state index >= 15 is 0 Å². The number of fused-ring (bicyclic) bond motifs is 18. The zero-order valence-electron chi connectivity index (χ0n) is 53.8. The summed E-state index contributed by atoms with van der Waals surface area (Å²) >= 11 is 0. The van der Waals surface area contributed by atoms with Gasteiger partial charge in [0.2, 0.25) is 0 Å². The molecule has 0 aliphatic rings. The van der Waals surface area contributed by atoms with Crippen LogP contribution in [-0.4, -0.2) is 29.9 Å². The van der Waals surface area contributed by atoms with Gasteiger partial charge >= 0.3 is 0 Å². The number of aromatic nitrogens is 6. The molecular weight excluding hydrogens is 1260 g/mol.